The second-order valence-electron chi connectivity index (χ2n) is 4.94. The van der Waals surface area contributed by atoms with Gasteiger partial charge in [-0.3, -0.25) is 0 Å². The number of aromatic nitrogens is 2. The van der Waals surface area contributed by atoms with E-state index in [1.807, 2.05) is 0 Å². The third-order valence-corrected chi connectivity index (χ3v) is 3.22. The summed E-state index contributed by atoms with van der Waals surface area (Å²) in [5.74, 6) is 7.37. The molecule has 1 aromatic heterocycles. The largest absolute Gasteiger partial charge is 0.308 e. The zero-order valence-electron chi connectivity index (χ0n) is 11.1. The van der Waals surface area contributed by atoms with E-state index in [2.05, 4.69) is 39.7 Å². The lowest BCUT2D eigenvalue weighted by Gasteiger charge is -2.29. The number of hydrazine groups is 2. The summed E-state index contributed by atoms with van der Waals surface area (Å²) in [7, 11) is 0. The molecular weight excluding hydrogens is 228 g/mol. The van der Waals surface area contributed by atoms with E-state index in [1.165, 1.54) is 25.6 Å². The van der Waals surface area contributed by atoms with Crippen LogP contribution in [0.2, 0.25) is 0 Å². The highest BCUT2D eigenvalue weighted by molar-refractivity contribution is 5.58. The van der Waals surface area contributed by atoms with Gasteiger partial charge in [-0.1, -0.05) is 20.3 Å². The molecule has 0 spiro atoms. The molecule has 1 fully saturated rings. The molecule has 2 rings (SSSR count). The zero-order chi connectivity index (χ0) is 13.0. The summed E-state index contributed by atoms with van der Waals surface area (Å²) < 4.78 is 0. The lowest BCUT2D eigenvalue weighted by molar-refractivity contribution is 0.272. The maximum absolute atomic E-state index is 5.51. The number of hydrogen-bond acceptors (Lipinski definition) is 6. The number of nitrogens with one attached hydrogen (secondary N) is 2. The fourth-order valence-electron chi connectivity index (χ4n) is 2.30. The molecule has 4 N–H and O–H groups in total. The quantitative estimate of drug-likeness (QED) is 0.557. The lowest BCUT2D eigenvalue weighted by atomic mass is 10.0. The molecular formula is C12H22N6. The van der Waals surface area contributed by atoms with Gasteiger partial charge in [-0.25, -0.2) is 20.8 Å². The minimum atomic E-state index is 0.310. The number of anilines is 2. The molecule has 0 bridgehead atoms. The van der Waals surface area contributed by atoms with Gasteiger partial charge >= 0.3 is 0 Å². The molecule has 1 aromatic rings. The standard InChI is InChI=1S/C12H22N6/c1-9(2)10-11(16-13)14-8-15-12(10)17-18-6-4-3-5-7-18/h8-9H,3-7,13H2,1-2H3,(H2,14,15,16,17). The van der Waals surface area contributed by atoms with Crippen LogP contribution in [0.25, 0.3) is 0 Å². The summed E-state index contributed by atoms with van der Waals surface area (Å²) in [6, 6.07) is 0. The number of nitrogen functional groups attached to an aromatic ring is 1. The molecule has 18 heavy (non-hydrogen) atoms. The summed E-state index contributed by atoms with van der Waals surface area (Å²) >= 11 is 0. The lowest BCUT2D eigenvalue weighted by Crippen LogP contribution is -2.35. The van der Waals surface area contributed by atoms with Crippen molar-refractivity contribution >= 4 is 11.6 Å². The summed E-state index contributed by atoms with van der Waals surface area (Å²) in [6.07, 6.45) is 5.32. The summed E-state index contributed by atoms with van der Waals surface area (Å²) in [5.41, 5.74) is 7.07. The predicted molar refractivity (Wildman–Crippen MR) is 73.0 cm³/mol. The fraction of sp³-hybridized carbons (Fsp3) is 0.667. The predicted octanol–water partition coefficient (Wildman–Crippen LogP) is 1.70. The number of rotatable bonds is 4. The Labute approximate surface area is 108 Å². The normalized spacial score (nSPS) is 16.9. The smallest absolute Gasteiger partial charge is 0.149 e. The zero-order valence-corrected chi connectivity index (χ0v) is 11.1. The number of nitrogens with zero attached hydrogens (tertiary/aromatic N) is 3. The monoisotopic (exact) mass is 250 g/mol. The van der Waals surface area contributed by atoms with Crippen LogP contribution in [0.3, 0.4) is 0 Å². The van der Waals surface area contributed by atoms with Crippen molar-refractivity contribution < 1.29 is 0 Å². The van der Waals surface area contributed by atoms with Gasteiger partial charge in [0.05, 0.1) is 0 Å². The van der Waals surface area contributed by atoms with E-state index < -0.39 is 0 Å². The van der Waals surface area contributed by atoms with Crippen LogP contribution in [0.15, 0.2) is 6.33 Å². The number of piperidine rings is 1. The van der Waals surface area contributed by atoms with Crippen molar-refractivity contribution in [2.45, 2.75) is 39.0 Å². The van der Waals surface area contributed by atoms with E-state index in [-0.39, 0.29) is 0 Å². The molecule has 0 saturated carbocycles. The van der Waals surface area contributed by atoms with E-state index in [0.29, 0.717) is 11.7 Å². The number of hydrogen-bond donors (Lipinski definition) is 3. The third kappa shape index (κ3) is 2.88. The van der Waals surface area contributed by atoms with Crippen molar-refractivity contribution in [1.29, 1.82) is 0 Å². The van der Waals surface area contributed by atoms with Crippen molar-refractivity contribution in [2.24, 2.45) is 5.84 Å². The molecule has 0 radical (unpaired) electrons. The first-order valence-corrected chi connectivity index (χ1v) is 6.55. The average molecular weight is 250 g/mol. The molecule has 0 aromatic carbocycles. The fourth-order valence-corrected chi connectivity index (χ4v) is 2.30. The molecule has 2 heterocycles. The van der Waals surface area contributed by atoms with Crippen LogP contribution in [-0.2, 0) is 0 Å². The van der Waals surface area contributed by atoms with Gasteiger partial charge in [0.2, 0.25) is 0 Å². The Balaban J connectivity index is 2.20. The molecule has 1 aliphatic heterocycles. The van der Waals surface area contributed by atoms with Crippen molar-refractivity contribution in [1.82, 2.24) is 15.0 Å². The van der Waals surface area contributed by atoms with E-state index in [4.69, 9.17) is 5.84 Å². The van der Waals surface area contributed by atoms with E-state index >= 15 is 0 Å². The van der Waals surface area contributed by atoms with Crippen LogP contribution in [-0.4, -0.2) is 28.1 Å². The third-order valence-electron chi connectivity index (χ3n) is 3.22. The van der Waals surface area contributed by atoms with Crippen LogP contribution in [0.5, 0.6) is 0 Å². The SMILES string of the molecule is CC(C)c1c(NN)ncnc1NN1CCCCC1. The van der Waals surface area contributed by atoms with Gasteiger partial charge < -0.3 is 10.9 Å². The summed E-state index contributed by atoms with van der Waals surface area (Å²) in [5, 5.41) is 2.22. The molecule has 1 aliphatic rings. The second kappa shape index (κ2) is 5.97. The first-order chi connectivity index (χ1) is 8.72. The highest BCUT2D eigenvalue weighted by Gasteiger charge is 2.17. The Morgan fingerprint density at radius 3 is 2.44 bits per heavy atom. The Bertz CT molecular complexity index is 386. The van der Waals surface area contributed by atoms with Crippen LogP contribution < -0.4 is 16.7 Å². The summed E-state index contributed by atoms with van der Waals surface area (Å²) in [4.78, 5) is 8.51. The minimum absolute atomic E-state index is 0.310. The van der Waals surface area contributed by atoms with Crippen LogP contribution in [0.4, 0.5) is 11.6 Å². The molecule has 0 aliphatic carbocycles. The van der Waals surface area contributed by atoms with Gasteiger partial charge in [-0.15, -0.1) is 0 Å². The van der Waals surface area contributed by atoms with Gasteiger partial charge in [0.15, 0.2) is 0 Å². The minimum Gasteiger partial charge on any atom is -0.308 e. The van der Waals surface area contributed by atoms with Crippen molar-refractivity contribution in [3.05, 3.63) is 11.9 Å². The molecule has 100 valence electrons. The molecule has 1 saturated heterocycles. The molecule has 6 heteroatoms. The van der Waals surface area contributed by atoms with Gasteiger partial charge in [-0.05, 0) is 18.8 Å². The van der Waals surface area contributed by atoms with E-state index in [0.717, 1.165) is 24.5 Å². The van der Waals surface area contributed by atoms with Gasteiger partial charge in [0.25, 0.3) is 0 Å². The highest BCUT2D eigenvalue weighted by atomic mass is 15.5. The highest BCUT2D eigenvalue weighted by Crippen LogP contribution is 2.28. The molecule has 0 amide bonds. The Morgan fingerprint density at radius 2 is 1.83 bits per heavy atom. The van der Waals surface area contributed by atoms with E-state index in [9.17, 15) is 0 Å². The molecule has 0 atom stereocenters. The van der Waals surface area contributed by atoms with Crippen LogP contribution in [0.1, 0.15) is 44.6 Å². The number of nitrogens with two attached hydrogens (primary N) is 1. The van der Waals surface area contributed by atoms with Crippen molar-refractivity contribution in [2.75, 3.05) is 23.9 Å². The average Bonchev–Trinajstić information content (AvgIpc) is 2.39. The maximum atomic E-state index is 5.51. The molecule has 0 unspecified atom stereocenters. The maximum Gasteiger partial charge on any atom is 0.149 e. The first-order valence-electron chi connectivity index (χ1n) is 6.55. The van der Waals surface area contributed by atoms with Crippen molar-refractivity contribution in [3.63, 3.8) is 0 Å². The van der Waals surface area contributed by atoms with Crippen molar-refractivity contribution in [3.8, 4) is 0 Å². The van der Waals surface area contributed by atoms with Crippen LogP contribution >= 0.6 is 0 Å². The first kappa shape index (κ1) is 13.0. The van der Waals surface area contributed by atoms with Crippen LogP contribution in [0, 0.1) is 0 Å². The Hall–Kier alpha value is -1.40. The molecule has 6 nitrogen and oxygen atoms in total. The Kier molecular flexibility index (Phi) is 4.33. The van der Waals surface area contributed by atoms with E-state index in [1.54, 1.807) is 0 Å². The van der Waals surface area contributed by atoms with Gasteiger partial charge in [-0.2, -0.15) is 0 Å². The summed E-state index contributed by atoms with van der Waals surface area (Å²) in [6.45, 7) is 6.35. The second-order valence-corrected chi connectivity index (χ2v) is 4.94. The topological polar surface area (TPSA) is 79.1 Å². The van der Waals surface area contributed by atoms with Gasteiger partial charge in [0.1, 0.15) is 18.0 Å². The van der Waals surface area contributed by atoms with Gasteiger partial charge in [0, 0.05) is 18.7 Å². The Morgan fingerprint density at radius 1 is 1.17 bits per heavy atom.